The van der Waals surface area contributed by atoms with Crippen LogP contribution in [-0.2, 0) is 14.4 Å². The maximum Gasteiger partial charge on any atom is 0.407 e. The van der Waals surface area contributed by atoms with Gasteiger partial charge in [0.1, 0.15) is 12.6 Å². The second-order valence-corrected chi connectivity index (χ2v) is 3.26. The van der Waals surface area contributed by atoms with Crippen LogP contribution in [0.4, 0.5) is 4.79 Å². The Morgan fingerprint density at radius 3 is 2.56 bits per heavy atom. The van der Waals surface area contributed by atoms with Crippen LogP contribution in [0.5, 0.6) is 0 Å². The standard InChI is InChI=1S/C8H17N3O7/c9-6(7(12)13)5-17-8(14)10-3-1-2-4-18-11(15)16/h6,15-16H,1-5,9H2,(H,10,14)(H,12,13). The number of rotatable bonds is 9. The van der Waals surface area contributed by atoms with E-state index in [4.69, 9.17) is 21.3 Å². The van der Waals surface area contributed by atoms with Gasteiger partial charge in [0.05, 0.1) is 12.0 Å². The van der Waals surface area contributed by atoms with Crippen LogP contribution in [0.3, 0.4) is 0 Å². The highest BCUT2D eigenvalue weighted by Crippen LogP contribution is 1.90. The number of aliphatic carboxylic acids is 1. The summed E-state index contributed by atoms with van der Waals surface area (Å²) in [5.41, 5.74) is 5.11. The number of hydrogen-bond acceptors (Lipinski definition) is 8. The van der Waals surface area contributed by atoms with Gasteiger partial charge >= 0.3 is 12.1 Å². The Morgan fingerprint density at radius 1 is 1.33 bits per heavy atom. The fourth-order valence-corrected chi connectivity index (χ4v) is 0.851. The molecule has 0 bridgehead atoms. The van der Waals surface area contributed by atoms with Crippen LogP contribution in [0.15, 0.2) is 0 Å². The molecule has 0 aliphatic heterocycles. The maximum atomic E-state index is 11.0. The number of nitrogens with two attached hydrogens (primary N) is 1. The van der Waals surface area contributed by atoms with Crippen LogP contribution >= 0.6 is 0 Å². The first-order valence-electron chi connectivity index (χ1n) is 5.13. The molecule has 106 valence electrons. The van der Waals surface area contributed by atoms with Gasteiger partial charge < -0.3 is 20.9 Å². The quantitative estimate of drug-likeness (QED) is 0.259. The highest BCUT2D eigenvalue weighted by atomic mass is 17.1. The lowest BCUT2D eigenvalue weighted by Crippen LogP contribution is -2.37. The molecule has 1 unspecified atom stereocenters. The van der Waals surface area contributed by atoms with Crippen molar-refractivity contribution < 1.29 is 34.7 Å². The number of nitrogens with zero attached hydrogens (tertiary/aromatic N) is 1. The van der Waals surface area contributed by atoms with Crippen molar-refractivity contribution in [2.75, 3.05) is 19.8 Å². The smallest absolute Gasteiger partial charge is 0.407 e. The van der Waals surface area contributed by atoms with Gasteiger partial charge in [-0.05, 0) is 12.8 Å². The zero-order chi connectivity index (χ0) is 14.0. The number of amides is 1. The van der Waals surface area contributed by atoms with Crippen LogP contribution in [0.2, 0.25) is 0 Å². The van der Waals surface area contributed by atoms with Crippen LogP contribution < -0.4 is 11.1 Å². The molecule has 0 spiro atoms. The predicted octanol–water partition coefficient (Wildman–Crippen LogP) is -1.08. The molecular weight excluding hydrogens is 250 g/mol. The van der Waals surface area contributed by atoms with Crippen LogP contribution in [-0.4, -0.2) is 58.8 Å². The number of unbranched alkanes of at least 4 members (excludes halogenated alkanes) is 1. The van der Waals surface area contributed by atoms with E-state index in [1.165, 1.54) is 0 Å². The van der Waals surface area contributed by atoms with Gasteiger partial charge in [-0.1, -0.05) is 0 Å². The lowest BCUT2D eigenvalue weighted by molar-refractivity contribution is -0.492. The summed E-state index contributed by atoms with van der Waals surface area (Å²) in [5.74, 6) is -1.25. The van der Waals surface area contributed by atoms with E-state index in [0.29, 0.717) is 12.8 Å². The summed E-state index contributed by atoms with van der Waals surface area (Å²) in [6.07, 6.45) is 0.235. The molecular formula is C8H17N3O7. The van der Waals surface area contributed by atoms with E-state index in [2.05, 4.69) is 14.9 Å². The highest BCUT2D eigenvalue weighted by Gasteiger charge is 2.13. The van der Waals surface area contributed by atoms with E-state index in [0.717, 1.165) is 0 Å². The molecule has 0 radical (unpaired) electrons. The molecule has 1 atom stereocenters. The van der Waals surface area contributed by atoms with Gasteiger partial charge in [0.2, 0.25) is 0 Å². The summed E-state index contributed by atoms with van der Waals surface area (Å²) in [5, 5.41) is 26.7. The monoisotopic (exact) mass is 267 g/mol. The third kappa shape index (κ3) is 9.74. The second kappa shape index (κ2) is 9.56. The molecule has 0 aromatic carbocycles. The average molecular weight is 267 g/mol. The first-order valence-corrected chi connectivity index (χ1v) is 5.13. The number of hydrogen-bond donors (Lipinski definition) is 5. The van der Waals surface area contributed by atoms with Crippen molar-refractivity contribution in [3.8, 4) is 0 Å². The number of carbonyl (C=O) groups excluding carboxylic acids is 1. The van der Waals surface area contributed by atoms with E-state index in [1.54, 1.807) is 0 Å². The lowest BCUT2D eigenvalue weighted by Gasteiger charge is -2.09. The Hall–Kier alpha value is -1.46. The van der Waals surface area contributed by atoms with Crippen LogP contribution in [0.1, 0.15) is 12.8 Å². The maximum absolute atomic E-state index is 11.0. The molecule has 0 saturated heterocycles. The predicted molar refractivity (Wildman–Crippen MR) is 55.6 cm³/mol. The van der Waals surface area contributed by atoms with E-state index < -0.39 is 30.1 Å². The normalized spacial score (nSPS) is 12.2. The molecule has 0 aliphatic carbocycles. The Balaban J connectivity index is 3.40. The minimum absolute atomic E-state index is 0.0770. The molecule has 1 amide bonds. The first kappa shape index (κ1) is 16.5. The van der Waals surface area contributed by atoms with Gasteiger partial charge in [0.25, 0.3) is 0 Å². The summed E-state index contributed by atoms with van der Waals surface area (Å²) in [6, 6.07) is -1.25. The summed E-state index contributed by atoms with van der Waals surface area (Å²) in [7, 11) is 0. The summed E-state index contributed by atoms with van der Waals surface area (Å²) in [6.45, 7) is -0.0523. The van der Waals surface area contributed by atoms with Gasteiger partial charge in [-0.25, -0.2) is 4.79 Å². The molecule has 0 aromatic heterocycles. The van der Waals surface area contributed by atoms with Crippen molar-refractivity contribution in [2.45, 2.75) is 18.9 Å². The number of nitrogens with one attached hydrogen (secondary N) is 1. The van der Waals surface area contributed by atoms with E-state index in [-0.39, 0.29) is 13.2 Å². The molecule has 0 rings (SSSR count). The molecule has 0 fully saturated rings. The largest absolute Gasteiger partial charge is 0.480 e. The lowest BCUT2D eigenvalue weighted by atomic mass is 10.3. The van der Waals surface area contributed by atoms with E-state index in [1.807, 2.05) is 0 Å². The Morgan fingerprint density at radius 2 is 2.00 bits per heavy atom. The molecule has 0 heterocycles. The van der Waals surface area contributed by atoms with Gasteiger partial charge in [0.15, 0.2) is 0 Å². The second-order valence-electron chi connectivity index (χ2n) is 3.26. The molecule has 0 aliphatic rings. The zero-order valence-corrected chi connectivity index (χ0v) is 9.61. The summed E-state index contributed by atoms with van der Waals surface area (Å²) in [4.78, 5) is 25.6. The number of ether oxygens (including phenoxy) is 1. The summed E-state index contributed by atoms with van der Waals surface area (Å²) >= 11 is 0. The van der Waals surface area contributed by atoms with Gasteiger partial charge in [-0.15, -0.1) is 0 Å². The topological polar surface area (TPSA) is 155 Å². The fourth-order valence-electron chi connectivity index (χ4n) is 0.851. The SMILES string of the molecule is NC(COC(=O)NCCCCON(O)O)C(=O)O. The van der Waals surface area contributed by atoms with Crippen molar-refractivity contribution in [3.63, 3.8) is 0 Å². The third-order valence-electron chi connectivity index (χ3n) is 1.76. The number of carboxylic acids is 1. The number of carboxylic acid groups (broad SMARTS) is 1. The third-order valence-corrected chi connectivity index (χ3v) is 1.76. The fraction of sp³-hybridized carbons (Fsp3) is 0.750. The van der Waals surface area contributed by atoms with Gasteiger partial charge in [-0.2, -0.15) is 0 Å². The van der Waals surface area contributed by atoms with Crippen molar-refractivity contribution in [3.05, 3.63) is 0 Å². The molecule has 10 nitrogen and oxygen atoms in total. The molecule has 6 N–H and O–H groups in total. The van der Waals surface area contributed by atoms with Crippen LogP contribution in [0.25, 0.3) is 0 Å². The number of carbonyl (C=O) groups is 2. The molecule has 0 saturated carbocycles. The van der Waals surface area contributed by atoms with E-state index in [9.17, 15) is 9.59 Å². The Labute approximate surface area is 103 Å². The molecule has 10 heteroatoms. The minimum Gasteiger partial charge on any atom is -0.480 e. The molecule has 18 heavy (non-hydrogen) atoms. The minimum atomic E-state index is -1.25. The Kier molecular flexibility index (Phi) is 8.78. The van der Waals surface area contributed by atoms with Crippen molar-refractivity contribution in [1.82, 2.24) is 10.7 Å². The first-order chi connectivity index (χ1) is 8.43. The zero-order valence-electron chi connectivity index (χ0n) is 9.61. The van der Waals surface area contributed by atoms with E-state index >= 15 is 0 Å². The average Bonchev–Trinajstić information content (AvgIpc) is 2.29. The van der Waals surface area contributed by atoms with Crippen LogP contribution in [0, 0.1) is 0 Å². The summed E-state index contributed by atoms with van der Waals surface area (Å²) < 4.78 is 4.53. The van der Waals surface area contributed by atoms with Crippen molar-refractivity contribution >= 4 is 12.1 Å². The molecule has 0 aromatic rings. The van der Waals surface area contributed by atoms with Crippen molar-refractivity contribution in [2.24, 2.45) is 5.73 Å². The Bertz CT molecular complexity index is 261. The van der Waals surface area contributed by atoms with Gasteiger partial charge in [0, 0.05) is 6.54 Å². The van der Waals surface area contributed by atoms with Gasteiger partial charge in [-0.3, -0.25) is 20.0 Å². The van der Waals surface area contributed by atoms with Crippen molar-refractivity contribution in [1.29, 1.82) is 0 Å². The highest BCUT2D eigenvalue weighted by molar-refractivity contribution is 5.74. The number of alkyl carbamates (subject to hydrolysis) is 1.